The van der Waals surface area contributed by atoms with Gasteiger partial charge in [-0.15, -0.1) is 0 Å². The van der Waals surface area contributed by atoms with Crippen LogP contribution in [0.3, 0.4) is 0 Å². The Labute approximate surface area is 160 Å². The number of nitrogens with zero attached hydrogens (tertiary/aromatic N) is 3. The number of piperidine rings is 1. The fourth-order valence-corrected chi connectivity index (χ4v) is 3.70. The number of nitrogens with one attached hydrogen (secondary N) is 1. The number of carbonyl (C=O) groups excluding carboxylic acids is 2. The maximum absolute atomic E-state index is 12.7. The van der Waals surface area contributed by atoms with Crippen LogP contribution in [0.2, 0.25) is 0 Å². The minimum atomic E-state index is -0.398. The lowest BCUT2D eigenvalue weighted by molar-refractivity contribution is -0.128. The van der Waals surface area contributed by atoms with Gasteiger partial charge in [0, 0.05) is 45.3 Å². The summed E-state index contributed by atoms with van der Waals surface area (Å²) in [5.41, 5.74) is 0.588. The van der Waals surface area contributed by atoms with Gasteiger partial charge < -0.3 is 20.2 Å². The molecule has 1 atom stereocenters. The summed E-state index contributed by atoms with van der Waals surface area (Å²) in [5.74, 6) is 1.44. The molecule has 7 heteroatoms. The van der Waals surface area contributed by atoms with Crippen LogP contribution in [0.1, 0.15) is 49.4 Å². The number of aromatic nitrogens is 1. The number of hydrogen-bond acceptors (Lipinski definition) is 5. The molecular formula is C20H30N4O3. The average molecular weight is 374 g/mol. The first-order valence-corrected chi connectivity index (χ1v) is 10.0. The highest BCUT2D eigenvalue weighted by molar-refractivity contribution is 5.94. The molecule has 0 spiro atoms. The molecule has 0 aromatic carbocycles. The van der Waals surface area contributed by atoms with E-state index in [9.17, 15) is 14.7 Å². The number of hydrogen-bond donors (Lipinski definition) is 2. The molecule has 7 nitrogen and oxygen atoms in total. The highest BCUT2D eigenvalue weighted by Crippen LogP contribution is 2.22. The fourth-order valence-electron chi connectivity index (χ4n) is 3.70. The third-order valence-corrected chi connectivity index (χ3v) is 5.55. The van der Waals surface area contributed by atoms with Crippen LogP contribution in [-0.4, -0.2) is 70.5 Å². The molecule has 3 rings (SSSR count). The van der Waals surface area contributed by atoms with E-state index >= 15 is 0 Å². The van der Waals surface area contributed by atoms with E-state index in [4.69, 9.17) is 0 Å². The Kier molecular flexibility index (Phi) is 6.66. The zero-order valence-electron chi connectivity index (χ0n) is 16.1. The van der Waals surface area contributed by atoms with Crippen LogP contribution in [0, 0.1) is 5.92 Å². The Bertz CT molecular complexity index is 641. The quantitative estimate of drug-likeness (QED) is 0.759. The molecule has 0 bridgehead atoms. The molecule has 0 saturated carbocycles. The van der Waals surface area contributed by atoms with Crippen LogP contribution in [0.15, 0.2) is 18.3 Å². The molecule has 0 unspecified atom stereocenters. The predicted molar refractivity (Wildman–Crippen MR) is 103 cm³/mol. The van der Waals surface area contributed by atoms with Gasteiger partial charge in [-0.3, -0.25) is 9.59 Å². The molecule has 27 heavy (non-hydrogen) atoms. The SMILES string of the molecule is CC[C@@H](O)CNc1ccc(C(=O)N2CCC(CN3CCCC3=O)CC2)cn1. The molecule has 148 valence electrons. The molecule has 0 radical (unpaired) electrons. The van der Waals surface area contributed by atoms with Crippen LogP contribution in [0.5, 0.6) is 0 Å². The fraction of sp³-hybridized carbons (Fsp3) is 0.650. The van der Waals surface area contributed by atoms with Gasteiger partial charge in [0.25, 0.3) is 5.91 Å². The van der Waals surface area contributed by atoms with Crippen molar-refractivity contribution in [3.8, 4) is 0 Å². The lowest BCUT2D eigenvalue weighted by Gasteiger charge is -2.34. The van der Waals surface area contributed by atoms with Gasteiger partial charge >= 0.3 is 0 Å². The van der Waals surface area contributed by atoms with Crippen LogP contribution in [0.25, 0.3) is 0 Å². The smallest absolute Gasteiger partial charge is 0.255 e. The number of aliphatic hydroxyl groups excluding tert-OH is 1. The van der Waals surface area contributed by atoms with Crippen molar-refractivity contribution in [3.05, 3.63) is 23.9 Å². The van der Waals surface area contributed by atoms with Crippen LogP contribution in [0.4, 0.5) is 5.82 Å². The molecule has 2 amide bonds. The Morgan fingerprint density at radius 3 is 2.70 bits per heavy atom. The van der Waals surface area contributed by atoms with Gasteiger partial charge in [0.2, 0.25) is 5.91 Å². The highest BCUT2D eigenvalue weighted by Gasteiger charge is 2.28. The average Bonchev–Trinajstić information content (AvgIpc) is 3.11. The maximum atomic E-state index is 12.7. The molecule has 3 heterocycles. The number of amides is 2. The van der Waals surface area contributed by atoms with Gasteiger partial charge in [0.1, 0.15) is 5.82 Å². The molecule has 0 aliphatic carbocycles. The van der Waals surface area contributed by atoms with E-state index in [1.54, 1.807) is 18.3 Å². The van der Waals surface area contributed by atoms with Gasteiger partial charge in [0.15, 0.2) is 0 Å². The summed E-state index contributed by atoms with van der Waals surface area (Å²) in [7, 11) is 0. The summed E-state index contributed by atoms with van der Waals surface area (Å²) in [6.07, 6.45) is 5.43. The minimum Gasteiger partial charge on any atom is -0.391 e. The van der Waals surface area contributed by atoms with Crippen molar-refractivity contribution >= 4 is 17.6 Å². The summed E-state index contributed by atoms with van der Waals surface area (Å²) in [5, 5.41) is 12.7. The minimum absolute atomic E-state index is 0.0124. The van der Waals surface area contributed by atoms with E-state index in [1.807, 2.05) is 16.7 Å². The molecule has 2 N–H and O–H groups in total. The molecule has 2 aliphatic rings. The Hall–Kier alpha value is -2.15. The molecule has 1 aromatic heterocycles. The Morgan fingerprint density at radius 2 is 2.11 bits per heavy atom. The van der Waals surface area contributed by atoms with E-state index in [-0.39, 0.29) is 11.8 Å². The third kappa shape index (κ3) is 5.19. The Morgan fingerprint density at radius 1 is 1.33 bits per heavy atom. The van der Waals surface area contributed by atoms with Crippen molar-refractivity contribution in [1.82, 2.24) is 14.8 Å². The highest BCUT2D eigenvalue weighted by atomic mass is 16.3. The van der Waals surface area contributed by atoms with Crippen molar-refractivity contribution in [3.63, 3.8) is 0 Å². The maximum Gasteiger partial charge on any atom is 0.255 e. The second-order valence-electron chi connectivity index (χ2n) is 7.55. The number of rotatable bonds is 7. The number of pyridine rings is 1. The number of carbonyl (C=O) groups is 2. The number of likely N-dealkylation sites (tertiary alicyclic amines) is 2. The first-order valence-electron chi connectivity index (χ1n) is 10.0. The van der Waals surface area contributed by atoms with Crippen molar-refractivity contribution in [2.45, 2.75) is 45.1 Å². The largest absolute Gasteiger partial charge is 0.391 e. The zero-order chi connectivity index (χ0) is 19.2. The van der Waals surface area contributed by atoms with Crippen molar-refractivity contribution in [2.75, 3.05) is 38.0 Å². The second kappa shape index (κ2) is 9.17. The van der Waals surface area contributed by atoms with Crippen molar-refractivity contribution in [2.24, 2.45) is 5.92 Å². The number of aliphatic hydroxyl groups is 1. The van der Waals surface area contributed by atoms with Crippen LogP contribution >= 0.6 is 0 Å². The van der Waals surface area contributed by atoms with E-state index in [1.165, 1.54) is 0 Å². The van der Waals surface area contributed by atoms with Crippen LogP contribution < -0.4 is 5.32 Å². The lowest BCUT2D eigenvalue weighted by Crippen LogP contribution is -2.41. The summed E-state index contributed by atoms with van der Waals surface area (Å²) in [6, 6.07) is 3.56. The summed E-state index contributed by atoms with van der Waals surface area (Å²) >= 11 is 0. The first kappa shape index (κ1) is 19.6. The monoisotopic (exact) mass is 374 g/mol. The first-order chi connectivity index (χ1) is 13.1. The summed E-state index contributed by atoms with van der Waals surface area (Å²) in [4.78, 5) is 32.6. The van der Waals surface area contributed by atoms with E-state index < -0.39 is 6.10 Å². The second-order valence-corrected chi connectivity index (χ2v) is 7.55. The van der Waals surface area contributed by atoms with E-state index in [0.29, 0.717) is 36.7 Å². The van der Waals surface area contributed by atoms with Gasteiger partial charge in [-0.1, -0.05) is 6.92 Å². The molecular weight excluding hydrogens is 344 g/mol. The molecule has 2 aliphatic heterocycles. The summed E-state index contributed by atoms with van der Waals surface area (Å²) in [6.45, 7) is 5.56. The molecule has 1 aromatic rings. The van der Waals surface area contributed by atoms with E-state index in [0.717, 1.165) is 45.4 Å². The summed E-state index contributed by atoms with van der Waals surface area (Å²) < 4.78 is 0. The van der Waals surface area contributed by atoms with Gasteiger partial charge in [-0.25, -0.2) is 4.98 Å². The number of anilines is 1. The van der Waals surface area contributed by atoms with Crippen molar-refractivity contribution < 1.29 is 14.7 Å². The molecule has 2 saturated heterocycles. The zero-order valence-corrected chi connectivity index (χ0v) is 16.1. The van der Waals surface area contributed by atoms with Gasteiger partial charge in [0.05, 0.1) is 11.7 Å². The lowest BCUT2D eigenvalue weighted by atomic mass is 9.96. The standard InChI is InChI=1S/C20H30N4O3/c1-2-17(25)13-22-18-6-5-16(12-21-18)20(27)23-10-7-15(8-11-23)14-24-9-3-4-19(24)26/h5-6,12,15,17,25H,2-4,7-11,13-14H2,1H3,(H,21,22)/t17-/m1/s1. The van der Waals surface area contributed by atoms with Crippen LogP contribution in [-0.2, 0) is 4.79 Å². The van der Waals surface area contributed by atoms with Crippen molar-refractivity contribution in [1.29, 1.82) is 0 Å². The molecule has 2 fully saturated rings. The normalized spacial score (nSPS) is 19.4. The van der Waals surface area contributed by atoms with Gasteiger partial charge in [-0.2, -0.15) is 0 Å². The third-order valence-electron chi connectivity index (χ3n) is 5.55. The Balaban J connectivity index is 1.46. The topological polar surface area (TPSA) is 85.8 Å². The predicted octanol–water partition coefficient (Wildman–Crippen LogP) is 1.74. The van der Waals surface area contributed by atoms with E-state index in [2.05, 4.69) is 10.3 Å². The van der Waals surface area contributed by atoms with Gasteiger partial charge in [-0.05, 0) is 43.7 Å².